The van der Waals surface area contributed by atoms with E-state index in [4.69, 9.17) is 11.6 Å². The Morgan fingerprint density at radius 1 is 1.14 bits per heavy atom. The number of halogens is 1. The van der Waals surface area contributed by atoms with Crippen molar-refractivity contribution in [3.63, 3.8) is 0 Å². The van der Waals surface area contributed by atoms with Crippen molar-refractivity contribution in [2.24, 2.45) is 0 Å². The summed E-state index contributed by atoms with van der Waals surface area (Å²) in [5.74, 6) is 0. The third-order valence-corrected chi connectivity index (χ3v) is 3.45. The molecule has 0 spiro atoms. The highest BCUT2D eigenvalue weighted by Crippen LogP contribution is 2.21. The highest BCUT2D eigenvalue weighted by Gasteiger charge is 2.22. The molecule has 2 amide bonds. The molecule has 0 radical (unpaired) electrons. The van der Waals surface area contributed by atoms with Crippen LogP contribution in [0.2, 0.25) is 5.02 Å². The Bertz CT molecular complexity index is 597. The molecule has 1 heterocycles. The molecule has 0 aliphatic rings. The summed E-state index contributed by atoms with van der Waals surface area (Å²) >= 11 is 5.88. The molecule has 110 valence electrons. The van der Waals surface area contributed by atoms with Crippen LogP contribution in [0, 0.1) is 0 Å². The van der Waals surface area contributed by atoms with Crippen molar-refractivity contribution in [3.05, 3.63) is 64.9 Å². The molecule has 0 unspecified atom stereocenters. The Labute approximate surface area is 129 Å². The van der Waals surface area contributed by atoms with E-state index in [-0.39, 0.29) is 6.03 Å². The summed E-state index contributed by atoms with van der Waals surface area (Å²) in [6, 6.07) is 11.0. The fraction of sp³-hybridized carbons (Fsp3) is 0.250. The van der Waals surface area contributed by atoms with Crippen molar-refractivity contribution >= 4 is 17.6 Å². The van der Waals surface area contributed by atoms with E-state index >= 15 is 0 Å². The maximum Gasteiger partial charge on any atom is 0.315 e. The van der Waals surface area contributed by atoms with Crippen LogP contribution in [0.5, 0.6) is 0 Å². The Kier molecular flexibility index (Phi) is 4.81. The second kappa shape index (κ2) is 6.59. The molecule has 2 rings (SSSR count). The van der Waals surface area contributed by atoms with Gasteiger partial charge in [-0.2, -0.15) is 0 Å². The third kappa shape index (κ3) is 4.46. The van der Waals surface area contributed by atoms with Crippen LogP contribution in [0.25, 0.3) is 0 Å². The number of benzene rings is 1. The first-order valence-corrected chi connectivity index (χ1v) is 7.06. The number of hydrogen-bond donors (Lipinski definition) is 2. The first-order valence-electron chi connectivity index (χ1n) is 6.68. The Morgan fingerprint density at radius 3 is 2.38 bits per heavy atom. The molecule has 5 heteroatoms. The van der Waals surface area contributed by atoms with Gasteiger partial charge in [0.25, 0.3) is 0 Å². The topological polar surface area (TPSA) is 54.0 Å². The van der Waals surface area contributed by atoms with Crippen LogP contribution in [0.3, 0.4) is 0 Å². The predicted octanol–water partition coefficient (Wildman–Crippen LogP) is 3.47. The SMILES string of the molecule is CC(C)(NC(=O)NCc1ccncc1)c1ccc(Cl)cc1. The van der Waals surface area contributed by atoms with E-state index in [2.05, 4.69) is 15.6 Å². The van der Waals surface area contributed by atoms with Gasteiger partial charge in [-0.15, -0.1) is 0 Å². The van der Waals surface area contributed by atoms with Gasteiger partial charge in [-0.05, 0) is 49.2 Å². The average Bonchev–Trinajstić information content (AvgIpc) is 2.46. The fourth-order valence-corrected chi connectivity index (χ4v) is 2.08. The maximum atomic E-state index is 12.0. The molecule has 4 nitrogen and oxygen atoms in total. The molecule has 0 bridgehead atoms. The van der Waals surface area contributed by atoms with Gasteiger partial charge in [0.2, 0.25) is 0 Å². The van der Waals surface area contributed by atoms with E-state index in [0.717, 1.165) is 11.1 Å². The number of nitrogens with zero attached hydrogens (tertiary/aromatic N) is 1. The zero-order valence-electron chi connectivity index (χ0n) is 12.1. The van der Waals surface area contributed by atoms with Crippen LogP contribution < -0.4 is 10.6 Å². The van der Waals surface area contributed by atoms with Gasteiger partial charge in [0.05, 0.1) is 5.54 Å². The lowest BCUT2D eigenvalue weighted by atomic mass is 9.94. The van der Waals surface area contributed by atoms with E-state index in [9.17, 15) is 4.79 Å². The zero-order valence-corrected chi connectivity index (χ0v) is 12.8. The van der Waals surface area contributed by atoms with Gasteiger partial charge < -0.3 is 10.6 Å². The zero-order chi connectivity index (χ0) is 15.3. The average molecular weight is 304 g/mol. The molecule has 0 aliphatic carbocycles. The number of urea groups is 1. The number of amides is 2. The standard InChI is InChI=1S/C16H18ClN3O/c1-16(2,13-3-5-14(17)6-4-13)20-15(21)19-11-12-7-9-18-10-8-12/h3-10H,11H2,1-2H3,(H2,19,20,21). The number of aromatic nitrogens is 1. The van der Waals surface area contributed by atoms with Crippen molar-refractivity contribution < 1.29 is 4.79 Å². The van der Waals surface area contributed by atoms with Gasteiger partial charge >= 0.3 is 6.03 Å². The third-order valence-electron chi connectivity index (χ3n) is 3.19. The Balaban J connectivity index is 1.93. The summed E-state index contributed by atoms with van der Waals surface area (Å²) in [5.41, 5.74) is 1.52. The smallest absolute Gasteiger partial charge is 0.315 e. The Hall–Kier alpha value is -2.07. The Morgan fingerprint density at radius 2 is 1.76 bits per heavy atom. The molecule has 0 saturated heterocycles. The van der Waals surface area contributed by atoms with Gasteiger partial charge in [0, 0.05) is 24.0 Å². The summed E-state index contributed by atoms with van der Waals surface area (Å²) in [7, 11) is 0. The molecular formula is C16H18ClN3O. The van der Waals surface area contributed by atoms with E-state index in [1.807, 2.05) is 50.2 Å². The number of rotatable bonds is 4. The van der Waals surface area contributed by atoms with Crippen molar-refractivity contribution in [3.8, 4) is 0 Å². The van der Waals surface area contributed by atoms with Crippen LogP contribution in [-0.2, 0) is 12.1 Å². The molecule has 0 fully saturated rings. The molecule has 1 aromatic heterocycles. The number of nitrogens with one attached hydrogen (secondary N) is 2. The number of carbonyl (C=O) groups excluding carboxylic acids is 1. The second-order valence-electron chi connectivity index (χ2n) is 5.30. The van der Waals surface area contributed by atoms with Crippen molar-refractivity contribution in [2.45, 2.75) is 25.9 Å². The lowest BCUT2D eigenvalue weighted by molar-refractivity contribution is 0.229. The van der Waals surface area contributed by atoms with Crippen molar-refractivity contribution in [1.29, 1.82) is 0 Å². The lowest BCUT2D eigenvalue weighted by Crippen LogP contribution is -2.46. The highest BCUT2D eigenvalue weighted by molar-refractivity contribution is 6.30. The molecule has 21 heavy (non-hydrogen) atoms. The van der Waals surface area contributed by atoms with Crippen LogP contribution in [0.1, 0.15) is 25.0 Å². The first-order chi connectivity index (χ1) is 9.97. The number of hydrogen-bond acceptors (Lipinski definition) is 2. The van der Waals surface area contributed by atoms with Gasteiger partial charge in [-0.25, -0.2) is 4.79 Å². The molecule has 1 aromatic carbocycles. The van der Waals surface area contributed by atoms with E-state index < -0.39 is 5.54 Å². The van der Waals surface area contributed by atoms with E-state index in [1.165, 1.54) is 0 Å². The van der Waals surface area contributed by atoms with Crippen molar-refractivity contribution in [2.75, 3.05) is 0 Å². The summed E-state index contributed by atoms with van der Waals surface area (Å²) in [6.45, 7) is 4.36. The highest BCUT2D eigenvalue weighted by atomic mass is 35.5. The lowest BCUT2D eigenvalue weighted by Gasteiger charge is -2.27. The molecule has 0 aliphatic heterocycles. The van der Waals surface area contributed by atoms with E-state index in [1.54, 1.807) is 12.4 Å². The van der Waals surface area contributed by atoms with Crippen LogP contribution >= 0.6 is 11.6 Å². The molecular weight excluding hydrogens is 286 g/mol. The summed E-state index contributed by atoms with van der Waals surface area (Å²) in [4.78, 5) is 15.9. The number of pyridine rings is 1. The van der Waals surface area contributed by atoms with Gasteiger partial charge in [-0.3, -0.25) is 4.98 Å². The minimum absolute atomic E-state index is 0.216. The summed E-state index contributed by atoms with van der Waals surface area (Å²) < 4.78 is 0. The summed E-state index contributed by atoms with van der Waals surface area (Å²) in [6.07, 6.45) is 3.40. The molecule has 0 saturated carbocycles. The normalized spacial score (nSPS) is 11.0. The minimum Gasteiger partial charge on any atom is -0.334 e. The van der Waals surface area contributed by atoms with Crippen molar-refractivity contribution in [1.82, 2.24) is 15.6 Å². The van der Waals surface area contributed by atoms with Crippen LogP contribution in [0.4, 0.5) is 4.79 Å². The van der Waals surface area contributed by atoms with E-state index in [0.29, 0.717) is 11.6 Å². The molecule has 0 atom stereocenters. The fourth-order valence-electron chi connectivity index (χ4n) is 1.95. The maximum absolute atomic E-state index is 12.0. The molecule has 2 N–H and O–H groups in total. The second-order valence-corrected chi connectivity index (χ2v) is 5.73. The van der Waals surface area contributed by atoms with Crippen LogP contribution in [-0.4, -0.2) is 11.0 Å². The first kappa shape index (κ1) is 15.3. The largest absolute Gasteiger partial charge is 0.334 e. The molecule has 2 aromatic rings. The van der Waals surface area contributed by atoms with Crippen LogP contribution in [0.15, 0.2) is 48.8 Å². The monoisotopic (exact) mass is 303 g/mol. The predicted molar refractivity (Wildman–Crippen MR) is 84.1 cm³/mol. The summed E-state index contributed by atoms with van der Waals surface area (Å²) in [5, 5.41) is 6.46. The van der Waals surface area contributed by atoms with Gasteiger partial charge in [-0.1, -0.05) is 23.7 Å². The number of carbonyl (C=O) groups is 1. The quantitative estimate of drug-likeness (QED) is 0.908. The minimum atomic E-state index is -0.479. The van der Waals surface area contributed by atoms with Gasteiger partial charge in [0.1, 0.15) is 0 Å². The van der Waals surface area contributed by atoms with Gasteiger partial charge in [0.15, 0.2) is 0 Å².